The van der Waals surface area contributed by atoms with E-state index in [1.165, 1.54) is 11.8 Å². The molecule has 0 aliphatic rings. The van der Waals surface area contributed by atoms with Gasteiger partial charge in [0.05, 0.1) is 22.3 Å². The Morgan fingerprint density at radius 2 is 2.07 bits per heavy atom. The minimum absolute atomic E-state index is 0.0948. The Morgan fingerprint density at radius 1 is 1.29 bits per heavy atom. The van der Waals surface area contributed by atoms with Gasteiger partial charge in [0.1, 0.15) is 0 Å². The van der Waals surface area contributed by atoms with Crippen molar-refractivity contribution in [1.29, 1.82) is 0 Å². The molecule has 0 aliphatic heterocycles. The summed E-state index contributed by atoms with van der Waals surface area (Å²) in [6, 6.07) is 5.12. The summed E-state index contributed by atoms with van der Waals surface area (Å²) in [4.78, 5) is 22.1. The lowest BCUT2D eigenvalue weighted by Crippen LogP contribution is -2.24. The summed E-state index contributed by atoms with van der Waals surface area (Å²) in [6.45, 7) is 8.77. The summed E-state index contributed by atoms with van der Waals surface area (Å²) in [6.07, 6.45) is 0.865. The Hall–Kier alpha value is -1.90. The fourth-order valence-electron chi connectivity index (χ4n) is 2.69. The lowest BCUT2D eigenvalue weighted by atomic mass is 10.2. The molecule has 1 aromatic carbocycles. The Balaban J connectivity index is 1.94. The van der Waals surface area contributed by atoms with Gasteiger partial charge in [-0.2, -0.15) is 4.98 Å². The van der Waals surface area contributed by atoms with Crippen LogP contribution in [-0.4, -0.2) is 32.4 Å². The zero-order valence-corrected chi connectivity index (χ0v) is 17.9. The molecule has 9 heteroatoms. The standard InChI is InChI=1S/C19H23ClN4O3S/c1-11(2)26-9-5-8-24-18(25)15-7-6-14(20)10-16(15)22-19(24)28-12(3)17-21-13(4)23-27-17/h6-7,10-12H,5,8-9H2,1-4H3. The van der Waals surface area contributed by atoms with Gasteiger partial charge in [-0.3, -0.25) is 9.36 Å². The van der Waals surface area contributed by atoms with Crippen LogP contribution in [0.25, 0.3) is 10.9 Å². The van der Waals surface area contributed by atoms with E-state index < -0.39 is 0 Å². The first-order valence-corrected chi connectivity index (χ1v) is 10.4. The van der Waals surface area contributed by atoms with Gasteiger partial charge in [0.15, 0.2) is 11.0 Å². The largest absolute Gasteiger partial charge is 0.379 e. The number of ether oxygens (including phenoxy) is 1. The zero-order valence-electron chi connectivity index (χ0n) is 16.3. The van der Waals surface area contributed by atoms with Crippen molar-refractivity contribution in [2.75, 3.05) is 6.61 Å². The molecule has 0 saturated carbocycles. The van der Waals surface area contributed by atoms with E-state index in [0.717, 1.165) is 0 Å². The van der Waals surface area contributed by atoms with Crippen molar-refractivity contribution >= 4 is 34.3 Å². The molecule has 3 aromatic rings. The first kappa shape index (κ1) is 20.8. The van der Waals surface area contributed by atoms with Gasteiger partial charge >= 0.3 is 0 Å². The van der Waals surface area contributed by atoms with Crippen molar-refractivity contribution in [2.45, 2.75) is 57.2 Å². The van der Waals surface area contributed by atoms with Gasteiger partial charge in [0.25, 0.3) is 5.56 Å². The third-order valence-electron chi connectivity index (χ3n) is 4.03. The van der Waals surface area contributed by atoms with E-state index in [2.05, 4.69) is 10.1 Å². The van der Waals surface area contributed by atoms with Crippen molar-refractivity contribution in [3.8, 4) is 0 Å². The van der Waals surface area contributed by atoms with Crippen LogP contribution in [0.15, 0.2) is 32.7 Å². The number of benzene rings is 1. The Kier molecular flexibility index (Phi) is 6.74. The highest BCUT2D eigenvalue weighted by atomic mass is 35.5. The van der Waals surface area contributed by atoms with Crippen molar-refractivity contribution < 1.29 is 9.26 Å². The van der Waals surface area contributed by atoms with Gasteiger partial charge in [-0.1, -0.05) is 28.5 Å². The number of aryl methyl sites for hydroxylation is 1. The number of thioether (sulfide) groups is 1. The molecule has 0 spiro atoms. The average Bonchev–Trinajstić information content (AvgIpc) is 3.07. The molecule has 0 radical (unpaired) electrons. The van der Waals surface area contributed by atoms with Gasteiger partial charge < -0.3 is 9.26 Å². The molecule has 28 heavy (non-hydrogen) atoms. The van der Waals surface area contributed by atoms with Crippen LogP contribution >= 0.6 is 23.4 Å². The number of fused-ring (bicyclic) bond motifs is 1. The van der Waals surface area contributed by atoms with E-state index in [1.54, 1.807) is 29.7 Å². The fraction of sp³-hybridized carbons (Fsp3) is 0.474. The van der Waals surface area contributed by atoms with Gasteiger partial charge in [0.2, 0.25) is 5.89 Å². The van der Waals surface area contributed by atoms with Crippen LogP contribution in [0, 0.1) is 6.92 Å². The summed E-state index contributed by atoms with van der Waals surface area (Å²) >= 11 is 7.50. The van der Waals surface area contributed by atoms with Crippen LogP contribution in [-0.2, 0) is 11.3 Å². The van der Waals surface area contributed by atoms with E-state index in [9.17, 15) is 4.79 Å². The molecule has 0 bridgehead atoms. The molecule has 1 atom stereocenters. The van der Waals surface area contributed by atoms with Crippen LogP contribution in [0.5, 0.6) is 0 Å². The van der Waals surface area contributed by atoms with Gasteiger partial charge in [-0.25, -0.2) is 4.98 Å². The van der Waals surface area contributed by atoms with E-state index >= 15 is 0 Å². The van der Waals surface area contributed by atoms with Gasteiger partial charge in [-0.15, -0.1) is 0 Å². The molecule has 3 rings (SSSR count). The number of hydrogen-bond donors (Lipinski definition) is 0. The van der Waals surface area contributed by atoms with Crippen molar-refractivity contribution in [2.24, 2.45) is 0 Å². The molecule has 2 heterocycles. The monoisotopic (exact) mass is 422 g/mol. The smallest absolute Gasteiger partial charge is 0.262 e. The molecule has 150 valence electrons. The van der Waals surface area contributed by atoms with Gasteiger partial charge in [0, 0.05) is 18.2 Å². The second-order valence-electron chi connectivity index (χ2n) is 6.73. The van der Waals surface area contributed by atoms with Crippen molar-refractivity contribution in [3.63, 3.8) is 0 Å². The SMILES string of the molecule is Cc1noc(C(C)Sc2nc3cc(Cl)ccc3c(=O)n2CCCOC(C)C)n1. The third kappa shape index (κ3) is 4.92. The number of nitrogens with zero attached hydrogens (tertiary/aromatic N) is 4. The summed E-state index contributed by atoms with van der Waals surface area (Å²) in [5, 5.41) is 5.36. The number of hydrogen-bond acceptors (Lipinski definition) is 7. The van der Waals surface area contributed by atoms with Gasteiger partial charge in [-0.05, 0) is 52.3 Å². The molecule has 0 aliphatic carbocycles. The van der Waals surface area contributed by atoms with E-state index in [1.807, 2.05) is 20.8 Å². The maximum Gasteiger partial charge on any atom is 0.262 e. The second kappa shape index (κ2) is 9.07. The molecule has 1 unspecified atom stereocenters. The average molecular weight is 423 g/mol. The van der Waals surface area contributed by atoms with Crippen LogP contribution < -0.4 is 5.56 Å². The predicted octanol–water partition coefficient (Wildman–Crippen LogP) is 4.41. The molecule has 0 saturated heterocycles. The highest BCUT2D eigenvalue weighted by Gasteiger charge is 2.19. The van der Waals surface area contributed by atoms with Crippen LogP contribution in [0.2, 0.25) is 5.02 Å². The van der Waals surface area contributed by atoms with E-state index in [4.69, 9.17) is 25.8 Å². The quantitative estimate of drug-likeness (QED) is 0.302. The Morgan fingerprint density at radius 3 is 2.75 bits per heavy atom. The Labute approximate surface area is 172 Å². The highest BCUT2D eigenvalue weighted by Crippen LogP contribution is 2.33. The second-order valence-corrected chi connectivity index (χ2v) is 8.47. The normalized spacial score (nSPS) is 12.8. The molecular formula is C19H23ClN4O3S. The van der Waals surface area contributed by atoms with E-state index in [-0.39, 0.29) is 16.9 Å². The Bertz CT molecular complexity index is 1020. The fourth-order valence-corrected chi connectivity index (χ4v) is 3.82. The first-order valence-electron chi connectivity index (χ1n) is 9.13. The zero-order chi connectivity index (χ0) is 20.3. The minimum Gasteiger partial charge on any atom is -0.379 e. The predicted molar refractivity (Wildman–Crippen MR) is 110 cm³/mol. The van der Waals surface area contributed by atoms with Crippen LogP contribution in [0.4, 0.5) is 0 Å². The first-order chi connectivity index (χ1) is 13.3. The summed E-state index contributed by atoms with van der Waals surface area (Å²) < 4.78 is 12.6. The topological polar surface area (TPSA) is 83.0 Å². The summed E-state index contributed by atoms with van der Waals surface area (Å²) in [5.41, 5.74) is 0.478. The molecule has 0 amide bonds. The van der Waals surface area contributed by atoms with Crippen LogP contribution in [0.1, 0.15) is 44.2 Å². The van der Waals surface area contributed by atoms with E-state index in [0.29, 0.717) is 52.4 Å². The van der Waals surface area contributed by atoms with Crippen molar-refractivity contribution in [1.82, 2.24) is 19.7 Å². The summed E-state index contributed by atoms with van der Waals surface area (Å²) in [7, 11) is 0. The molecular weight excluding hydrogens is 400 g/mol. The molecule has 2 aromatic heterocycles. The maximum atomic E-state index is 13.1. The number of rotatable bonds is 8. The molecule has 0 N–H and O–H groups in total. The lowest BCUT2D eigenvalue weighted by Gasteiger charge is -2.15. The van der Waals surface area contributed by atoms with Crippen molar-refractivity contribution in [3.05, 3.63) is 45.3 Å². The van der Waals surface area contributed by atoms with Crippen LogP contribution in [0.3, 0.4) is 0 Å². The third-order valence-corrected chi connectivity index (χ3v) is 5.35. The molecule has 0 fully saturated rings. The lowest BCUT2D eigenvalue weighted by molar-refractivity contribution is 0.0743. The molecule has 7 nitrogen and oxygen atoms in total. The summed E-state index contributed by atoms with van der Waals surface area (Å²) in [5.74, 6) is 1.07. The number of aromatic nitrogens is 4. The number of halogens is 1. The highest BCUT2D eigenvalue weighted by molar-refractivity contribution is 7.99. The minimum atomic E-state index is -0.150. The maximum absolute atomic E-state index is 13.1.